The highest BCUT2D eigenvalue weighted by Crippen LogP contribution is 2.23. The Balaban J connectivity index is 0.000000370. The molecule has 5 nitrogen and oxygen atoms in total. The molecule has 152 valence electrons. The largest absolute Gasteiger partial charge is 0.497 e. The number of aryl methyl sites for hydroxylation is 1. The van der Waals surface area contributed by atoms with Crippen molar-refractivity contribution in [2.45, 2.75) is 40.5 Å². The fraction of sp³-hybridized carbons (Fsp3) is 0.391. The Morgan fingerprint density at radius 3 is 2.61 bits per heavy atom. The van der Waals surface area contributed by atoms with Gasteiger partial charge in [0.2, 0.25) is 0 Å². The number of benzene rings is 1. The van der Waals surface area contributed by atoms with Gasteiger partial charge < -0.3 is 9.84 Å². The summed E-state index contributed by atoms with van der Waals surface area (Å²) in [6.07, 6.45) is 7.38. The van der Waals surface area contributed by atoms with Gasteiger partial charge in [0.1, 0.15) is 12.4 Å². The summed E-state index contributed by atoms with van der Waals surface area (Å²) in [7, 11) is 1.63. The van der Waals surface area contributed by atoms with E-state index in [1.165, 1.54) is 21.7 Å². The molecule has 0 atom stereocenters. The Bertz CT molecular complexity index is 772. The van der Waals surface area contributed by atoms with Gasteiger partial charge in [-0.05, 0) is 44.9 Å². The molecule has 1 N–H and O–H groups in total. The highest BCUT2D eigenvalue weighted by atomic mass is 16.5. The smallest absolute Gasteiger partial charge is 0.268 e. The van der Waals surface area contributed by atoms with Gasteiger partial charge in [0, 0.05) is 12.0 Å². The number of hydrogen-bond donors (Lipinski definition) is 1. The molecule has 1 aromatic carbocycles. The molecule has 0 radical (unpaired) electrons. The summed E-state index contributed by atoms with van der Waals surface area (Å²) in [5, 5.41) is 14.5. The number of hydrazone groups is 1. The molecule has 1 heterocycles. The molecule has 0 fully saturated rings. The first-order valence-electron chi connectivity index (χ1n) is 9.47. The number of amides is 1. The molecule has 0 aromatic heterocycles. The minimum absolute atomic E-state index is 0.365. The van der Waals surface area contributed by atoms with Crippen molar-refractivity contribution < 1.29 is 14.6 Å². The van der Waals surface area contributed by atoms with Crippen LogP contribution in [0.15, 0.2) is 59.3 Å². The molecule has 5 heteroatoms. The Kier molecular flexibility index (Phi) is 9.96. The number of methoxy groups -OCH3 is 1. The average Bonchev–Trinajstić information content (AvgIpc) is 3.21. The maximum atomic E-state index is 11.4. The van der Waals surface area contributed by atoms with Crippen molar-refractivity contribution in [2.75, 3.05) is 20.3 Å². The van der Waals surface area contributed by atoms with E-state index in [4.69, 9.17) is 9.84 Å². The van der Waals surface area contributed by atoms with E-state index in [0.29, 0.717) is 13.0 Å². The fourth-order valence-corrected chi connectivity index (χ4v) is 2.55. The van der Waals surface area contributed by atoms with Gasteiger partial charge in [-0.15, -0.1) is 0 Å². The van der Waals surface area contributed by atoms with Crippen molar-refractivity contribution in [2.24, 2.45) is 5.10 Å². The van der Waals surface area contributed by atoms with Crippen molar-refractivity contribution in [1.82, 2.24) is 5.01 Å². The number of allylic oxidation sites excluding steroid dienone is 5. The van der Waals surface area contributed by atoms with Gasteiger partial charge in [0.25, 0.3) is 5.91 Å². The van der Waals surface area contributed by atoms with Crippen molar-refractivity contribution >= 4 is 11.6 Å². The second-order valence-corrected chi connectivity index (χ2v) is 6.63. The zero-order chi connectivity index (χ0) is 21.1. The zero-order valence-electron chi connectivity index (χ0n) is 17.7. The summed E-state index contributed by atoms with van der Waals surface area (Å²) in [5.74, 6) is 0.415. The predicted molar refractivity (Wildman–Crippen MR) is 116 cm³/mol. The van der Waals surface area contributed by atoms with Gasteiger partial charge >= 0.3 is 0 Å². The third-order valence-electron chi connectivity index (χ3n) is 4.50. The molecule has 0 spiro atoms. The Hall–Kier alpha value is -2.66. The lowest BCUT2D eigenvalue weighted by molar-refractivity contribution is -0.133. The van der Waals surface area contributed by atoms with Crippen LogP contribution in [0.25, 0.3) is 0 Å². The summed E-state index contributed by atoms with van der Waals surface area (Å²) >= 11 is 0. The van der Waals surface area contributed by atoms with E-state index >= 15 is 0 Å². The summed E-state index contributed by atoms with van der Waals surface area (Å²) < 4.78 is 5.23. The number of aliphatic hydroxyl groups is 1. The molecule has 1 aliphatic heterocycles. The van der Waals surface area contributed by atoms with Crippen LogP contribution in [0.4, 0.5) is 0 Å². The third-order valence-corrected chi connectivity index (χ3v) is 4.50. The van der Waals surface area contributed by atoms with Crippen molar-refractivity contribution in [3.63, 3.8) is 0 Å². The van der Waals surface area contributed by atoms with Gasteiger partial charge in [0.15, 0.2) is 0 Å². The van der Waals surface area contributed by atoms with E-state index < -0.39 is 6.61 Å². The molecule has 0 saturated heterocycles. The van der Waals surface area contributed by atoms with Crippen LogP contribution in [0.3, 0.4) is 0 Å². The summed E-state index contributed by atoms with van der Waals surface area (Å²) in [5.41, 5.74) is 5.74. The Labute approximate surface area is 168 Å². The minimum atomic E-state index is -0.504. The Morgan fingerprint density at radius 1 is 1.36 bits per heavy atom. The standard InChI is InChI=1S/C14H18N2O3.C9H14/c1-3-10-4-5-11(19-2)8-12(10)13-6-7-16(15-13)14(18)9-17;1-5-6-7-9(4)8(2)3/h4-5,8,17H,3,6-7,9H2,1-2H3;5-7H,1H2,2-4H3/b;7-6-. The first-order chi connectivity index (χ1) is 13.4. The molecule has 0 bridgehead atoms. The molecular formula is C23H32N2O3. The fourth-order valence-electron chi connectivity index (χ4n) is 2.55. The number of carbonyl (C=O) groups is 1. The van der Waals surface area contributed by atoms with E-state index in [1.807, 2.05) is 24.3 Å². The number of ether oxygens (including phenoxy) is 1. The number of aliphatic hydroxyl groups excluding tert-OH is 1. The number of rotatable bonds is 6. The van der Waals surface area contributed by atoms with Crippen LogP contribution in [-0.4, -0.2) is 42.0 Å². The molecule has 28 heavy (non-hydrogen) atoms. The normalized spacial score (nSPS) is 12.9. The first-order valence-corrected chi connectivity index (χ1v) is 9.47. The predicted octanol–water partition coefficient (Wildman–Crippen LogP) is 4.27. The van der Waals surface area contributed by atoms with Crippen LogP contribution < -0.4 is 4.74 Å². The van der Waals surface area contributed by atoms with Crippen LogP contribution in [0, 0.1) is 0 Å². The van der Waals surface area contributed by atoms with Gasteiger partial charge in [-0.2, -0.15) is 5.10 Å². The van der Waals surface area contributed by atoms with E-state index in [9.17, 15) is 4.79 Å². The van der Waals surface area contributed by atoms with E-state index in [2.05, 4.69) is 45.5 Å². The zero-order valence-corrected chi connectivity index (χ0v) is 17.7. The monoisotopic (exact) mass is 384 g/mol. The summed E-state index contributed by atoms with van der Waals surface area (Å²) in [4.78, 5) is 11.4. The van der Waals surface area contributed by atoms with Crippen molar-refractivity contribution in [1.29, 1.82) is 0 Å². The van der Waals surface area contributed by atoms with E-state index in [1.54, 1.807) is 13.2 Å². The lowest BCUT2D eigenvalue weighted by Gasteiger charge is -2.10. The summed E-state index contributed by atoms with van der Waals surface area (Å²) in [6.45, 7) is 12.0. The Morgan fingerprint density at radius 2 is 2.07 bits per heavy atom. The summed E-state index contributed by atoms with van der Waals surface area (Å²) in [6, 6.07) is 5.90. The van der Waals surface area contributed by atoms with Gasteiger partial charge in [-0.1, -0.05) is 48.9 Å². The number of hydrogen-bond acceptors (Lipinski definition) is 4. The quantitative estimate of drug-likeness (QED) is 0.745. The second kappa shape index (κ2) is 11.9. The molecule has 0 aliphatic carbocycles. The van der Waals surface area contributed by atoms with Crippen molar-refractivity contribution in [3.8, 4) is 5.75 Å². The second-order valence-electron chi connectivity index (χ2n) is 6.63. The molecular weight excluding hydrogens is 352 g/mol. The molecule has 1 amide bonds. The molecule has 0 unspecified atom stereocenters. The van der Waals surface area contributed by atoms with Gasteiger partial charge in [0.05, 0.1) is 19.4 Å². The third kappa shape index (κ3) is 6.82. The van der Waals surface area contributed by atoms with Gasteiger partial charge in [-0.3, -0.25) is 4.79 Å². The lowest BCUT2D eigenvalue weighted by atomic mass is 9.99. The molecule has 1 aliphatic rings. The maximum absolute atomic E-state index is 11.4. The van der Waals surface area contributed by atoms with Crippen LogP contribution >= 0.6 is 0 Å². The van der Waals surface area contributed by atoms with Crippen LogP contribution in [-0.2, 0) is 11.2 Å². The van der Waals surface area contributed by atoms with Crippen molar-refractivity contribution in [3.05, 3.63) is 65.3 Å². The van der Waals surface area contributed by atoms with E-state index in [-0.39, 0.29) is 5.91 Å². The molecule has 2 rings (SSSR count). The van der Waals surface area contributed by atoms with Crippen LogP contribution in [0.2, 0.25) is 0 Å². The highest BCUT2D eigenvalue weighted by Gasteiger charge is 2.22. The minimum Gasteiger partial charge on any atom is -0.497 e. The van der Waals surface area contributed by atoms with Crippen LogP contribution in [0.1, 0.15) is 45.2 Å². The topological polar surface area (TPSA) is 62.1 Å². The molecule has 0 saturated carbocycles. The number of nitrogens with zero attached hydrogens (tertiary/aromatic N) is 2. The number of carbonyl (C=O) groups excluding carboxylic acids is 1. The lowest BCUT2D eigenvalue weighted by Crippen LogP contribution is -2.26. The maximum Gasteiger partial charge on any atom is 0.268 e. The highest BCUT2D eigenvalue weighted by molar-refractivity contribution is 6.04. The van der Waals surface area contributed by atoms with Gasteiger partial charge in [-0.25, -0.2) is 5.01 Å². The van der Waals surface area contributed by atoms with E-state index in [0.717, 1.165) is 23.4 Å². The average molecular weight is 385 g/mol. The SMILES string of the molecule is C=C/C=C\C(C)=C(C)C.CCc1ccc(OC)cc1C1=NN(C(=O)CO)CC1. The molecule has 1 aromatic rings. The van der Waals surface area contributed by atoms with Crippen LogP contribution in [0.5, 0.6) is 5.75 Å². The first kappa shape index (κ1) is 23.4.